The summed E-state index contributed by atoms with van der Waals surface area (Å²) in [5.74, 6) is 4.08. The molecule has 6 nitrogen and oxygen atoms in total. The first-order valence-corrected chi connectivity index (χ1v) is 8.93. The third-order valence-electron chi connectivity index (χ3n) is 5.60. The van der Waals surface area contributed by atoms with Crippen molar-refractivity contribution in [1.29, 1.82) is 0 Å². The lowest BCUT2D eigenvalue weighted by molar-refractivity contribution is -0.824. The minimum absolute atomic E-state index is 0.264. The lowest BCUT2D eigenvalue weighted by Crippen LogP contribution is -3.03. The molecule has 0 spiro atoms. The zero-order valence-electron chi connectivity index (χ0n) is 15.0. The van der Waals surface area contributed by atoms with Crippen molar-refractivity contribution in [3.63, 3.8) is 0 Å². The minimum Gasteiger partial charge on any atom is -0.496 e. The monoisotopic (exact) mass is 364 g/mol. The molecule has 0 saturated heterocycles. The van der Waals surface area contributed by atoms with Crippen LogP contribution in [0.5, 0.6) is 28.7 Å². The summed E-state index contributed by atoms with van der Waals surface area (Å²) in [6.07, 6.45) is 0. The molecule has 0 amide bonds. The number of fused-ring (bicyclic) bond motifs is 8. The van der Waals surface area contributed by atoms with Crippen LogP contribution < -0.4 is 28.6 Å². The number of hydrogen-bond donors (Lipinski definition) is 1. The molecule has 1 atom stereocenters. The third kappa shape index (κ3) is 1.93. The van der Waals surface area contributed by atoms with E-state index in [4.69, 9.17) is 23.7 Å². The summed E-state index contributed by atoms with van der Waals surface area (Å²) in [4.78, 5) is 1.27. The number of ether oxygens (including phenoxy) is 5. The first-order valence-electron chi connectivity index (χ1n) is 8.93. The highest BCUT2D eigenvalue weighted by Gasteiger charge is 2.35. The van der Waals surface area contributed by atoms with Crippen LogP contribution in [0.25, 0.3) is 21.9 Å². The van der Waals surface area contributed by atoms with Crippen LogP contribution in [0.15, 0.2) is 30.3 Å². The Kier molecular flexibility index (Phi) is 2.89. The van der Waals surface area contributed by atoms with Gasteiger partial charge in [0, 0.05) is 10.9 Å². The molecule has 3 aromatic rings. The van der Waals surface area contributed by atoms with Crippen molar-refractivity contribution in [2.75, 3.05) is 27.7 Å². The molecule has 3 aromatic carbocycles. The van der Waals surface area contributed by atoms with E-state index in [1.807, 2.05) is 12.1 Å². The highest BCUT2D eigenvalue weighted by molar-refractivity contribution is 6.03. The summed E-state index contributed by atoms with van der Waals surface area (Å²) in [6, 6.07) is 10.3. The van der Waals surface area contributed by atoms with Crippen molar-refractivity contribution in [2.24, 2.45) is 0 Å². The Morgan fingerprint density at radius 2 is 1.70 bits per heavy atom. The summed E-state index contributed by atoms with van der Waals surface area (Å²) < 4.78 is 28.3. The molecule has 0 radical (unpaired) electrons. The minimum atomic E-state index is 0.264. The Balaban J connectivity index is 1.71. The number of methoxy groups -OCH3 is 1. The molecule has 3 aliphatic rings. The largest absolute Gasteiger partial charge is 0.496 e. The number of hydrogen-bond acceptors (Lipinski definition) is 5. The van der Waals surface area contributed by atoms with Gasteiger partial charge in [-0.15, -0.1) is 0 Å². The first-order chi connectivity index (χ1) is 13.2. The molecule has 0 aliphatic carbocycles. The van der Waals surface area contributed by atoms with Gasteiger partial charge in [-0.1, -0.05) is 0 Å². The second kappa shape index (κ2) is 5.20. The molecule has 0 saturated carbocycles. The van der Waals surface area contributed by atoms with Gasteiger partial charge in [-0.05, 0) is 35.7 Å². The molecule has 1 unspecified atom stereocenters. The van der Waals surface area contributed by atoms with Crippen molar-refractivity contribution in [3.8, 4) is 39.9 Å². The van der Waals surface area contributed by atoms with Gasteiger partial charge in [0.15, 0.2) is 28.7 Å². The van der Waals surface area contributed by atoms with Gasteiger partial charge in [0.1, 0.15) is 12.3 Å². The summed E-state index contributed by atoms with van der Waals surface area (Å²) in [6.45, 7) is 1.35. The molecule has 3 heterocycles. The lowest BCUT2D eigenvalue weighted by Gasteiger charge is -2.28. The Labute approximate surface area is 155 Å². The average Bonchev–Trinajstić information content (AvgIpc) is 3.34. The van der Waals surface area contributed by atoms with Crippen molar-refractivity contribution in [3.05, 3.63) is 35.9 Å². The number of nitrogens with one attached hydrogen (secondary N) is 1. The van der Waals surface area contributed by atoms with Crippen molar-refractivity contribution < 1.29 is 28.6 Å². The molecule has 27 heavy (non-hydrogen) atoms. The SMILES string of the molecule is COc1cc2cc3c(cc2c2c1-c1ccc4c(c1C[NH+]2C)OCO4)OCO3. The standard InChI is InChI=1S/C21H17NO5/c1-22-8-14-12(3-4-15-21(14)27-10-24-15)19-18(23-2)6-11-5-16-17(26-9-25-16)7-13(11)20(19)22/h3-7H,8-10H2,1-2H3/p+1. The predicted molar refractivity (Wildman–Crippen MR) is 98.4 cm³/mol. The maximum Gasteiger partial charge on any atom is 0.231 e. The van der Waals surface area contributed by atoms with E-state index < -0.39 is 0 Å². The molecule has 3 aliphatic heterocycles. The van der Waals surface area contributed by atoms with Crippen LogP contribution in [0.3, 0.4) is 0 Å². The molecule has 6 rings (SSSR count). The maximum atomic E-state index is 5.81. The molecule has 0 bridgehead atoms. The van der Waals surface area contributed by atoms with Crippen LogP contribution in [0.4, 0.5) is 5.69 Å². The van der Waals surface area contributed by atoms with E-state index in [0.29, 0.717) is 0 Å². The highest BCUT2D eigenvalue weighted by Crippen LogP contribution is 2.50. The van der Waals surface area contributed by atoms with E-state index in [9.17, 15) is 0 Å². The average molecular weight is 364 g/mol. The van der Waals surface area contributed by atoms with Crippen molar-refractivity contribution >= 4 is 16.5 Å². The molecular weight excluding hydrogens is 346 g/mol. The van der Waals surface area contributed by atoms with Crippen LogP contribution in [-0.4, -0.2) is 27.7 Å². The number of rotatable bonds is 1. The number of quaternary nitrogens is 1. The van der Waals surface area contributed by atoms with Gasteiger partial charge in [-0.2, -0.15) is 0 Å². The predicted octanol–water partition coefficient (Wildman–Crippen LogP) is 2.63. The van der Waals surface area contributed by atoms with Crippen molar-refractivity contribution in [1.82, 2.24) is 0 Å². The Morgan fingerprint density at radius 3 is 2.56 bits per heavy atom. The second-order valence-electron chi connectivity index (χ2n) is 7.04. The Morgan fingerprint density at radius 1 is 0.926 bits per heavy atom. The van der Waals surface area contributed by atoms with Gasteiger partial charge in [0.05, 0.1) is 25.3 Å². The zero-order chi connectivity index (χ0) is 18.1. The quantitative estimate of drug-likeness (QED) is 0.719. The maximum absolute atomic E-state index is 5.81. The fourth-order valence-corrected chi connectivity index (χ4v) is 4.43. The van der Waals surface area contributed by atoms with E-state index in [2.05, 4.69) is 25.2 Å². The van der Waals surface area contributed by atoms with Gasteiger partial charge < -0.3 is 23.7 Å². The molecular formula is C21H18NO5+. The summed E-state index contributed by atoms with van der Waals surface area (Å²) in [5, 5.41) is 2.23. The third-order valence-corrected chi connectivity index (χ3v) is 5.60. The Bertz CT molecular complexity index is 1120. The van der Waals surface area contributed by atoms with E-state index in [0.717, 1.165) is 62.8 Å². The highest BCUT2D eigenvalue weighted by atomic mass is 16.7. The smallest absolute Gasteiger partial charge is 0.231 e. The Hall–Kier alpha value is -3.12. The number of benzene rings is 3. The molecule has 136 valence electrons. The van der Waals surface area contributed by atoms with Gasteiger partial charge in [0.25, 0.3) is 0 Å². The van der Waals surface area contributed by atoms with E-state index in [-0.39, 0.29) is 13.6 Å². The normalized spacial score (nSPS) is 18.4. The molecule has 0 fully saturated rings. The van der Waals surface area contributed by atoms with E-state index in [1.165, 1.54) is 10.6 Å². The second-order valence-corrected chi connectivity index (χ2v) is 7.04. The lowest BCUT2D eigenvalue weighted by atomic mass is 9.89. The molecule has 0 aromatic heterocycles. The van der Waals surface area contributed by atoms with Gasteiger partial charge >= 0.3 is 0 Å². The summed E-state index contributed by atoms with van der Waals surface area (Å²) >= 11 is 0. The van der Waals surface area contributed by atoms with Gasteiger partial charge in [0.2, 0.25) is 13.6 Å². The topological polar surface area (TPSA) is 50.6 Å². The van der Waals surface area contributed by atoms with Crippen LogP contribution in [0.1, 0.15) is 5.56 Å². The summed E-state index contributed by atoms with van der Waals surface area (Å²) in [7, 11) is 3.88. The molecule has 6 heteroatoms. The van der Waals surface area contributed by atoms with Crippen LogP contribution in [-0.2, 0) is 6.54 Å². The first kappa shape index (κ1) is 15.0. The van der Waals surface area contributed by atoms with Gasteiger partial charge in [-0.25, -0.2) is 0 Å². The van der Waals surface area contributed by atoms with Crippen molar-refractivity contribution in [2.45, 2.75) is 6.54 Å². The van der Waals surface area contributed by atoms with Crippen LogP contribution in [0, 0.1) is 0 Å². The zero-order valence-corrected chi connectivity index (χ0v) is 15.0. The molecule has 1 N–H and O–H groups in total. The fourth-order valence-electron chi connectivity index (χ4n) is 4.43. The fraction of sp³-hybridized carbons (Fsp3) is 0.238. The summed E-state index contributed by atoms with van der Waals surface area (Å²) in [5.41, 5.74) is 4.60. The van der Waals surface area contributed by atoms with E-state index >= 15 is 0 Å². The van der Waals surface area contributed by atoms with Crippen LogP contribution in [0.2, 0.25) is 0 Å². The van der Waals surface area contributed by atoms with E-state index in [1.54, 1.807) is 7.11 Å². The van der Waals surface area contributed by atoms with Gasteiger partial charge in [-0.3, -0.25) is 4.90 Å². The van der Waals surface area contributed by atoms with Crippen LogP contribution >= 0.6 is 0 Å².